The monoisotopic (exact) mass is 419 g/mol. The molecule has 2 fully saturated rings. The van der Waals surface area contributed by atoms with Gasteiger partial charge in [-0.15, -0.1) is 0 Å². The van der Waals surface area contributed by atoms with Crippen LogP contribution in [-0.2, 0) is 21.2 Å². The summed E-state index contributed by atoms with van der Waals surface area (Å²) >= 11 is 0. The van der Waals surface area contributed by atoms with Gasteiger partial charge < -0.3 is 9.64 Å². The number of quaternary nitrogens is 1. The second-order valence-corrected chi connectivity index (χ2v) is 9.73. The first-order chi connectivity index (χ1) is 13.9. The van der Waals surface area contributed by atoms with Gasteiger partial charge in [-0.1, -0.05) is 12.1 Å². The van der Waals surface area contributed by atoms with Crippen molar-refractivity contribution in [2.75, 3.05) is 29.6 Å². The fourth-order valence-corrected chi connectivity index (χ4v) is 6.37. The lowest BCUT2D eigenvalue weighted by Crippen LogP contribution is -3.19. The van der Waals surface area contributed by atoms with E-state index in [1.54, 1.807) is 41.3 Å². The van der Waals surface area contributed by atoms with E-state index in [2.05, 4.69) is 0 Å². The van der Waals surface area contributed by atoms with E-state index >= 15 is 0 Å². The number of anilines is 1. The van der Waals surface area contributed by atoms with Gasteiger partial charge >= 0.3 is 0 Å². The first-order valence-electron chi connectivity index (χ1n) is 9.70. The van der Waals surface area contributed by atoms with Crippen molar-refractivity contribution in [3.05, 3.63) is 59.9 Å². The Bertz CT molecular complexity index is 992. The fraction of sp³-hybridized carbons (Fsp3) is 0.381. The third-order valence-corrected chi connectivity index (χ3v) is 7.31. The van der Waals surface area contributed by atoms with Crippen LogP contribution in [0.15, 0.2) is 48.5 Å². The van der Waals surface area contributed by atoms with Crippen LogP contribution in [0.4, 0.5) is 10.1 Å². The topological polar surface area (TPSA) is 68.1 Å². The number of hydrogen-bond donors (Lipinski definition) is 1. The summed E-state index contributed by atoms with van der Waals surface area (Å²) in [5, 5.41) is 0. The molecule has 2 aromatic carbocycles. The van der Waals surface area contributed by atoms with Crippen molar-refractivity contribution in [1.82, 2.24) is 0 Å². The van der Waals surface area contributed by atoms with E-state index in [0.29, 0.717) is 24.6 Å². The van der Waals surface area contributed by atoms with Gasteiger partial charge in [-0.25, -0.2) is 12.8 Å². The molecule has 1 N–H and O–H groups in total. The maximum Gasteiger partial charge on any atom is 0.282 e. The molecule has 0 aliphatic carbocycles. The number of carbonyl (C=O) groups is 1. The smallest absolute Gasteiger partial charge is 0.282 e. The second kappa shape index (κ2) is 7.76. The minimum Gasteiger partial charge on any atom is -0.494 e. The van der Waals surface area contributed by atoms with Crippen molar-refractivity contribution in [3.8, 4) is 5.75 Å². The minimum absolute atomic E-state index is 0.0382. The molecule has 4 rings (SSSR count). The van der Waals surface area contributed by atoms with Crippen molar-refractivity contribution in [1.29, 1.82) is 0 Å². The van der Waals surface area contributed by atoms with Gasteiger partial charge in [-0.3, -0.25) is 9.69 Å². The number of hydrogen-bond acceptors (Lipinski definition) is 4. The van der Waals surface area contributed by atoms with Gasteiger partial charge in [-0.05, 0) is 43.3 Å². The number of piperazine rings is 1. The Balaban J connectivity index is 1.61. The molecule has 2 aliphatic heterocycles. The van der Waals surface area contributed by atoms with Crippen LogP contribution in [0, 0.1) is 5.82 Å². The van der Waals surface area contributed by atoms with E-state index in [4.69, 9.17) is 4.74 Å². The molecule has 0 saturated carbocycles. The molecule has 0 bridgehead atoms. The second-order valence-electron chi connectivity index (χ2n) is 7.58. The van der Waals surface area contributed by atoms with Gasteiger partial charge in [0.05, 0.1) is 12.4 Å². The normalized spacial score (nSPS) is 25.7. The number of rotatable bonds is 5. The van der Waals surface area contributed by atoms with Crippen molar-refractivity contribution in [3.63, 3.8) is 0 Å². The Labute approximate surface area is 169 Å². The van der Waals surface area contributed by atoms with Crippen LogP contribution in [0.5, 0.6) is 5.75 Å². The van der Waals surface area contributed by atoms with E-state index in [9.17, 15) is 17.6 Å². The predicted octanol–water partition coefficient (Wildman–Crippen LogP) is 0.822. The van der Waals surface area contributed by atoms with E-state index < -0.39 is 15.9 Å². The highest BCUT2D eigenvalue weighted by atomic mass is 32.2. The summed E-state index contributed by atoms with van der Waals surface area (Å²) in [6, 6.07) is 12.7. The zero-order chi connectivity index (χ0) is 20.6. The zero-order valence-corrected chi connectivity index (χ0v) is 17.0. The number of sulfone groups is 1. The molecule has 2 aromatic rings. The molecule has 154 valence electrons. The third kappa shape index (κ3) is 4.13. The highest BCUT2D eigenvalue weighted by Crippen LogP contribution is 2.28. The van der Waals surface area contributed by atoms with Crippen LogP contribution in [0.25, 0.3) is 0 Å². The number of benzene rings is 2. The summed E-state index contributed by atoms with van der Waals surface area (Å²) in [6.07, 6.45) is 0. The maximum absolute atomic E-state index is 13.2. The van der Waals surface area contributed by atoms with Gasteiger partial charge in [0.25, 0.3) is 5.91 Å². The zero-order valence-electron chi connectivity index (χ0n) is 16.2. The molecule has 1 amide bonds. The van der Waals surface area contributed by atoms with Crippen LogP contribution in [0.2, 0.25) is 0 Å². The summed E-state index contributed by atoms with van der Waals surface area (Å²) in [4.78, 5) is 15.6. The lowest BCUT2D eigenvalue weighted by molar-refractivity contribution is -0.931. The van der Waals surface area contributed by atoms with E-state index in [-0.39, 0.29) is 35.8 Å². The summed E-state index contributed by atoms with van der Waals surface area (Å²) in [5.74, 6) is 0.296. The number of ether oxygens (including phenoxy) is 1. The SMILES string of the molecule is CCOc1ccc(N2C(=O)C[NH+](Cc3ccc(F)cc3)[C@H]3CS(=O)(=O)C[C@H]32)cc1. The lowest BCUT2D eigenvalue weighted by atomic mass is 10.0. The summed E-state index contributed by atoms with van der Waals surface area (Å²) < 4.78 is 43.5. The minimum atomic E-state index is -3.24. The lowest BCUT2D eigenvalue weighted by Gasteiger charge is -2.40. The molecule has 0 radical (unpaired) electrons. The summed E-state index contributed by atoms with van der Waals surface area (Å²) in [7, 11) is -3.24. The van der Waals surface area contributed by atoms with Gasteiger partial charge in [-0.2, -0.15) is 0 Å². The molecule has 2 saturated heterocycles. The largest absolute Gasteiger partial charge is 0.494 e. The molecule has 1 unspecified atom stereocenters. The Morgan fingerprint density at radius 2 is 1.79 bits per heavy atom. The predicted molar refractivity (Wildman–Crippen MR) is 107 cm³/mol. The Morgan fingerprint density at radius 3 is 2.45 bits per heavy atom. The molecular weight excluding hydrogens is 395 g/mol. The Kier molecular flexibility index (Phi) is 5.31. The van der Waals surface area contributed by atoms with E-state index in [1.165, 1.54) is 12.1 Å². The molecule has 0 aromatic heterocycles. The van der Waals surface area contributed by atoms with Crippen LogP contribution in [-0.4, -0.2) is 51.1 Å². The van der Waals surface area contributed by atoms with Gasteiger partial charge in [0, 0.05) is 11.3 Å². The highest BCUT2D eigenvalue weighted by molar-refractivity contribution is 7.91. The fourth-order valence-electron chi connectivity index (χ4n) is 4.33. The third-order valence-electron chi connectivity index (χ3n) is 5.60. The number of halogens is 1. The van der Waals surface area contributed by atoms with Crippen LogP contribution >= 0.6 is 0 Å². The van der Waals surface area contributed by atoms with Gasteiger partial charge in [0.2, 0.25) is 0 Å². The molecule has 29 heavy (non-hydrogen) atoms. The molecule has 2 aliphatic rings. The van der Waals surface area contributed by atoms with Crippen LogP contribution in [0.3, 0.4) is 0 Å². The number of nitrogens with one attached hydrogen (secondary N) is 1. The molecule has 8 heteroatoms. The number of nitrogens with zero attached hydrogens (tertiary/aromatic N) is 1. The Hall–Kier alpha value is -2.45. The maximum atomic E-state index is 13.2. The van der Waals surface area contributed by atoms with Crippen molar-refractivity contribution >= 4 is 21.4 Å². The first kappa shape index (κ1) is 19.8. The average Bonchev–Trinajstić information content (AvgIpc) is 3.00. The van der Waals surface area contributed by atoms with E-state index in [0.717, 1.165) is 10.5 Å². The molecule has 3 atom stereocenters. The number of fused-ring (bicyclic) bond motifs is 1. The van der Waals surface area contributed by atoms with Crippen LogP contribution in [0.1, 0.15) is 12.5 Å². The summed E-state index contributed by atoms with van der Waals surface area (Å²) in [5.41, 5.74) is 1.57. The first-order valence-corrected chi connectivity index (χ1v) is 11.5. The van der Waals surface area contributed by atoms with Crippen molar-refractivity contribution < 1.29 is 27.2 Å². The number of carbonyl (C=O) groups excluding carboxylic acids is 1. The quantitative estimate of drug-likeness (QED) is 0.779. The molecular formula is C21H24FN2O4S+. The van der Waals surface area contributed by atoms with Gasteiger partial charge in [0.15, 0.2) is 16.4 Å². The Morgan fingerprint density at radius 1 is 1.10 bits per heavy atom. The molecule has 2 heterocycles. The van der Waals surface area contributed by atoms with Crippen LogP contribution < -0.4 is 14.5 Å². The average molecular weight is 419 g/mol. The van der Waals surface area contributed by atoms with Crippen molar-refractivity contribution in [2.45, 2.75) is 25.6 Å². The molecule has 0 spiro atoms. The molecule has 6 nitrogen and oxygen atoms in total. The standard InChI is InChI=1S/C21H23FN2O4S/c1-2-28-18-9-7-17(8-10-18)24-20-14-29(26,27)13-19(20)23(12-21(24)25)11-15-3-5-16(22)6-4-15/h3-10,19-20H,2,11-14H2,1H3/p+1/t19-,20+/m0/s1. The summed E-state index contributed by atoms with van der Waals surface area (Å²) in [6.45, 7) is 3.13. The number of amides is 1. The van der Waals surface area contributed by atoms with Gasteiger partial charge in [0.1, 0.15) is 35.9 Å². The van der Waals surface area contributed by atoms with Crippen molar-refractivity contribution in [2.24, 2.45) is 0 Å². The highest BCUT2D eigenvalue weighted by Gasteiger charge is 2.52. The van der Waals surface area contributed by atoms with E-state index in [1.807, 2.05) is 6.92 Å².